The summed E-state index contributed by atoms with van der Waals surface area (Å²) >= 11 is 5.62. The summed E-state index contributed by atoms with van der Waals surface area (Å²) in [6, 6.07) is 3.75. The Morgan fingerprint density at radius 1 is 1.71 bits per heavy atom. The molecule has 1 atom stereocenters. The lowest BCUT2D eigenvalue weighted by molar-refractivity contribution is -0.144. The molecule has 0 bridgehead atoms. The van der Waals surface area contributed by atoms with E-state index in [4.69, 9.17) is 18.0 Å². The molecule has 0 saturated carbocycles. The molecule has 90 valence electrons. The Morgan fingerprint density at radius 3 is 2.82 bits per heavy atom. The first kappa shape index (κ1) is 13.5. The van der Waals surface area contributed by atoms with Crippen LogP contribution in [0.4, 0.5) is 4.39 Å². The number of hydrogen-bond acceptors (Lipinski definition) is 2. The van der Waals surface area contributed by atoms with Gasteiger partial charge in [-0.05, 0) is 24.6 Å². The van der Waals surface area contributed by atoms with Gasteiger partial charge in [0.1, 0.15) is 11.4 Å². The summed E-state index contributed by atoms with van der Waals surface area (Å²) in [6.07, 6.45) is 5.08. The molecule has 0 spiro atoms. The molecular formula is C12H11ClFNO2. The van der Waals surface area contributed by atoms with E-state index in [1.807, 2.05) is 0 Å². The highest BCUT2D eigenvalue weighted by Crippen LogP contribution is 2.25. The van der Waals surface area contributed by atoms with Crippen molar-refractivity contribution < 1.29 is 14.3 Å². The average molecular weight is 256 g/mol. The van der Waals surface area contributed by atoms with Crippen LogP contribution in [0.15, 0.2) is 18.2 Å². The first-order valence-corrected chi connectivity index (χ1v) is 5.17. The number of nitrogens with one attached hydrogen (secondary N) is 1. The number of terminal acetylenes is 1. The Bertz CT molecular complexity index is 484. The second kappa shape index (κ2) is 5.17. The van der Waals surface area contributed by atoms with Crippen molar-refractivity contribution in [2.24, 2.45) is 0 Å². The van der Waals surface area contributed by atoms with E-state index in [9.17, 15) is 14.3 Å². The Balaban J connectivity index is 3.18. The van der Waals surface area contributed by atoms with Gasteiger partial charge in [-0.25, -0.2) is 9.18 Å². The van der Waals surface area contributed by atoms with Gasteiger partial charge in [0.05, 0.1) is 11.6 Å². The van der Waals surface area contributed by atoms with Gasteiger partial charge < -0.3 is 5.11 Å². The number of carbonyl (C=O) groups is 1. The van der Waals surface area contributed by atoms with E-state index in [0.717, 1.165) is 6.07 Å². The molecular weight excluding hydrogens is 245 g/mol. The predicted octanol–water partition coefficient (Wildman–Crippen LogP) is 2.00. The number of rotatable bonds is 4. The summed E-state index contributed by atoms with van der Waals surface area (Å²) in [6.45, 7) is 1.52. The molecule has 0 amide bonds. The molecule has 0 fully saturated rings. The van der Waals surface area contributed by atoms with E-state index >= 15 is 0 Å². The van der Waals surface area contributed by atoms with Gasteiger partial charge in [0, 0.05) is 0 Å². The van der Waals surface area contributed by atoms with Crippen molar-refractivity contribution in [3.8, 4) is 12.3 Å². The second-order valence-electron chi connectivity index (χ2n) is 3.62. The molecule has 0 radical (unpaired) electrons. The third-order valence-corrected chi connectivity index (χ3v) is 2.76. The first-order valence-electron chi connectivity index (χ1n) is 4.79. The maximum atomic E-state index is 13.0. The summed E-state index contributed by atoms with van der Waals surface area (Å²) < 4.78 is 13.0. The van der Waals surface area contributed by atoms with Gasteiger partial charge in [0.15, 0.2) is 0 Å². The van der Waals surface area contributed by atoms with Crippen LogP contribution in [0.3, 0.4) is 0 Å². The first-order chi connectivity index (χ1) is 7.91. The summed E-state index contributed by atoms with van der Waals surface area (Å²) in [4.78, 5) is 11.3. The maximum absolute atomic E-state index is 13.0. The molecule has 1 unspecified atom stereocenters. The second-order valence-corrected chi connectivity index (χ2v) is 4.02. The van der Waals surface area contributed by atoms with Crippen LogP contribution in [0.25, 0.3) is 0 Å². The van der Waals surface area contributed by atoms with Gasteiger partial charge in [-0.15, -0.1) is 6.42 Å². The topological polar surface area (TPSA) is 49.3 Å². The summed E-state index contributed by atoms with van der Waals surface area (Å²) in [5, 5.41) is 11.8. The Morgan fingerprint density at radius 2 is 2.35 bits per heavy atom. The molecule has 1 aromatic rings. The van der Waals surface area contributed by atoms with E-state index in [2.05, 4.69) is 11.2 Å². The zero-order valence-electron chi connectivity index (χ0n) is 9.13. The van der Waals surface area contributed by atoms with Crippen molar-refractivity contribution >= 4 is 17.6 Å². The minimum atomic E-state index is -1.40. The van der Waals surface area contributed by atoms with E-state index < -0.39 is 17.3 Å². The fourth-order valence-electron chi connectivity index (χ4n) is 1.34. The molecule has 1 rings (SSSR count). The molecule has 5 heteroatoms. The highest BCUT2D eigenvalue weighted by molar-refractivity contribution is 6.30. The van der Waals surface area contributed by atoms with Gasteiger partial charge in [0.2, 0.25) is 0 Å². The van der Waals surface area contributed by atoms with Crippen molar-refractivity contribution in [2.45, 2.75) is 12.5 Å². The van der Waals surface area contributed by atoms with Crippen LogP contribution in [-0.4, -0.2) is 17.6 Å². The van der Waals surface area contributed by atoms with E-state index in [1.54, 1.807) is 0 Å². The number of hydrogen-bond donors (Lipinski definition) is 2. The van der Waals surface area contributed by atoms with Crippen LogP contribution in [0.5, 0.6) is 0 Å². The van der Waals surface area contributed by atoms with Gasteiger partial charge in [-0.3, -0.25) is 5.32 Å². The van der Waals surface area contributed by atoms with Crippen LogP contribution in [-0.2, 0) is 10.3 Å². The van der Waals surface area contributed by atoms with E-state index in [-0.39, 0.29) is 11.6 Å². The third-order valence-electron chi connectivity index (χ3n) is 2.47. The van der Waals surface area contributed by atoms with Crippen molar-refractivity contribution in [2.75, 3.05) is 6.54 Å². The van der Waals surface area contributed by atoms with E-state index in [1.165, 1.54) is 19.1 Å². The molecule has 0 saturated heterocycles. The summed E-state index contributed by atoms with van der Waals surface area (Å²) in [5.41, 5.74) is -1.06. The fourth-order valence-corrected chi connectivity index (χ4v) is 1.52. The Hall–Kier alpha value is -1.57. The lowest BCUT2D eigenvalue weighted by Gasteiger charge is -2.26. The molecule has 2 N–H and O–H groups in total. The van der Waals surface area contributed by atoms with Gasteiger partial charge >= 0.3 is 5.97 Å². The molecule has 0 aliphatic carbocycles. The monoisotopic (exact) mass is 255 g/mol. The number of carboxylic acid groups (broad SMARTS) is 1. The van der Waals surface area contributed by atoms with Crippen LogP contribution in [0.2, 0.25) is 5.02 Å². The van der Waals surface area contributed by atoms with Crippen molar-refractivity contribution in [1.29, 1.82) is 0 Å². The number of aliphatic carboxylic acids is 1. The predicted molar refractivity (Wildman–Crippen MR) is 63.2 cm³/mol. The van der Waals surface area contributed by atoms with Gasteiger partial charge in [0.25, 0.3) is 0 Å². The van der Waals surface area contributed by atoms with Crippen LogP contribution in [0, 0.1) is 18.2 Å². The third kappa shape index (κ3) is 2.76. The molecule has 3 nitrogen and oxygen atoms in total. The fraction of sp³-hybridized carbons (Fsp3) is 0.250. The lowest BCUT2D eigenvalue weighted by Crippen LogP contribution is -2.46. The lowest BCUT2D eigenvalue weighted by atomic mass is 9.92. The zero-order valence-corrected chi connectivity index (χ0v) is 9.88. The van der Waals surface area contributed by atoms with Crippen molar-refractivity contribution in [3.05, 3.63) is 34.6 Å². The summed E-state index contributed by atoms with van der Waals surface area (Å²) in [5.74, 6) is 0.580. The number of halogens is 2. The Labute approximate surface area is 104 Å². The maximum Gasteiger partial charge on any atom is 0.328 e. The molecule has 17 heavy (non-hydrogen) atoms. The average Bonchev–Trinajstić information content (AvgIpc) is 2.29. The number of benzene rings is 1. The SMILES string of the molecule is C#CCNC(C)(C(=O)O)c1ccc(F)c(Cl)c1. The van der Waals surface area contributed by atoms with Crippen LogP contribution >= 0.6 is 11.6 Å². The smallest absolute Gasteiger partial charge is 0.328 e. The van der Waals surface area contributed by atoms with Crippen molar-refractivity contribution in [1.82, 2.24) is 5.32 Å². The quantitative estimate of drug-likeness (QED) is 0.809. The van der Waals surface area contributed by atoms with Crippen molar-refractivity contribution in [3.63, 3.8) is 0 Å². The zero-order chi connectivity index (χ0) is 13.1. The van der Waals surface area contributed by atoms with Gasteiger partial charge in [-0.1, -0.05) is 23.6 Å². The van der Waals surface area contributed by atoms with Crippen LogP contribution in [0.1, 0.15) is 12.5 Å². The highest BCUT2D eigenvalue weighted by atomic mass is 35.5. The largest absolute Gasteiger partial charge is 0.480 e. The van der Waals surface area contributed by atoms with E-state index in [0.29, 0.717) is 5.56 Å². The minimum absolute atomic E-state index is 0.0811. The molecule has 0 aliphatic rings. The molecule has 0 aromatic heterocycles. The van der Waals surface area contributed by atoms with Crippen LogP contribution < -0.4 is 5.32 Å². The highest BCUT2D eigenvalue weighted by Gasteiger charge is 2.34. The standard InChI is InChI=1S/C12H11ClFNO2/c1-3-6-15-12(2,11(16)17)8-4-5-10(14)9(13)7-8/h1,4-5,7,15H,6H2,2H3,(H,16,17). The normalized spacial score (nSPS) is 13.8. The molecule has 0 heterocycles. The summed E-state index contributed by atoms with van der Waals surface area (Å²) in [7, 11) is 0. The number of carboxylic acids is 1. The van der Waals surface area contributed by atoms with Gasteiger partial charge in [-0.2, -0.15) is 0 Å². The minimum Gasteiger partial charge on any atom is -0.480 e. The molecule has 0 aliphatic heterocycles. The molecule has 1 aromatic carbocycles. The Kier molecular flexibility index (Phi) is 4.11.